The van der Waals surface area contributed by atoms with Gasteiger partial charge in [-0.25, -0.2) is 8.42 Å². The second-order valence-electron chi connectivity index (χ2n) is 7.01. The normalized spacial score (nSPS) is 18.6. The summed E-state index contributed by atoms with van der Waals surface area (Å²) in [5.74, 6) is -0.908. The van der Waals surface area contributed by atoms with Crippen LogP contribution in [0.2, 0.25) is 0 Å². The van der Waals surface area contributed by atoms with E-state index >= 15 is 0 Å². The van der Waals surface area contributed by atoms with E-state index in [9.17, 15) is 26.4 Å². The first-order valence-electron chi connectivity index (χ1n) is 8.92. The van der Waals surface area contributed by atoms with E-state index in [-0.39, 0.29) is 16.5 Å². The minimum atomic E-state index is -4.82. The van der Waals surface area contributed by atoms with Crippen molar-refractivity contribution < 1.29 is 31.1 Å². The number of nitrogens with zero attached hydrogens (tertiary/aromatic N) is 1. The predicted molar refractivity (Wildman–Crippen MR) is 99.5 cm³/mol. The summed E-state index contributed by atoms with van der Waals surface area (Å²) >= 11 is 0. The third kappa shape index (κ3) is 3.64. The molecule has 2 aromatic carbocycles. The van der Waals surface area contributed by atoms with Crippen molar-refractivity contribution in [3.05, 3.63) is 47.5 Å². The van der Waals surface area contributed by atoms with E-state index in [1.165, 1.54) is 18.2 Å². The molecule has 0 bridgehead atoms. The zero-order valence-electron chi connectivity index (χ0n) is 15.3. The van der Waals surface area contributed by atoms with Gasteiger partial charge in [-0.15, -0.1) is 13.2 Å². The summed E-state index contributed by atoms with van der Waals surface area (Å²) in [4.78, 5) is 14.2. The van der Waals surface area contributed by atoms with Gasteiger partial charge in [-0.3, -0.25) is 9.52 Å². The molecule has 2 aliphatic heterocycles. The second kappa shape index (κ2) is 6.65. The van der Waals surface area contributed by atoms with Gasteiger partial charge in [0.25, 0.3) is 10.0 Å². The molecule has 29 heavy (non-hydrogen) atoms. The number of aryl methyl sites for hydroxylation is 1. The highest BCUT2D eigenvalue weighted by Gasteiger charge is 2.39. The lowest BCUT2D eigenvalue weighted by molar-refractivity contribution is -0.274. The van der Waals surface area contributed by atoms with Crippen LogP contribution in [0.5, 0.6) is 5.75 Å². The van der Waals surface area contributed by atoms with Crippen molar-refractivity contribution in [1.29, 1.82) is 0 Å². The SMILES string of the molecule is C[C@@H]1C(=O)N2CCCc3cc(S(=O)(=O)Nc4ccc(OC(F)(F)F)cc4)cc1c32. The van der Waals surface area contributed by atoms with E-state index in [1.54, 1.807) is 17.9 Å². The fourth-order valence-electron chi connectivity index (χ4n) is 3.76. The smallest absolute Gasteiger partial charge is 0.406 e. The van der Waals surface area contributed by atoms with E-state index in [0.29, 0.717) is 18.5 Å². The van der Waals surface area contributed by atoms with Crippen molar-refractivity contribution in [1.82, 2.24) is 0 Å². The van der Waals surface area contributed by atoms with Crippen LogP contribution in [-0.4, -0.2) is 27.2 Å². The number of halogens is 3. The number of alkyl halides is 3. The van der Waals surface area contributed by atoms with Crippen LogP contribution >= 0.6 is 0 Å². The minimum Gasteiger partial charge on any atom is -0.406 e. The fraction of sp³-hybridized carbons (Fsp3) is 0.316. The first-order chi connectivity index (χ1) is 13.5. The average molecular weight is 426 g/mol. The summed E-state index contributed by atoms with van der Waals surface area (Å²) in [5, 5.41) is 0. The molecule has 4 rings (SSSR count). The van der Waals surface area contributed by atoms with Gasteiger partial charge in [-0.2, -0.15) is 0 Å². The summed E-state index contributed by atoms with van der Waals surface area (Å²) < 4.78 is 68.6. The number of anilines is 2. The van der Waals surface area contributed by atoms with E-state index in [2.05, 4.69) is 9.46 Å². The maximum absolute atomic E-state index is 12.9. The van der Waals surface area contributed by atoms with Gasteiger partial charge in [0.05, 0.1) is 16.5 Å². The van der Waals surface area contributed by atoms with E-state index in [1.807, 2.05) is 0 Å². The largest absolute Gasteiger partial charge is 0.573 e. The van der Waals surface area contributed by atoms with Gasteiger partial charge in [-0.1, -0.05) is 0 Å². The number of carbonyl (C=O) groups excluding carboxylic acids is 1. The van der Waals surface area contributed by atoms with Crippen LogP contribution < -0.4 is 14.4 Å². The van der Waals surface area contributed by atoms with E-state index in [4.69, 9.17) is 0 Å². The predicted octanol–water partition coefficient (Wildman–Crippen LogP) is 3.78. The second-order valence-corrected chi connectivity index (χ2v) is 8.70. The number of benzene rings is 2. The maximum atomic E-state index is 12.9. The maximum Gasteiger partial charge on any atom is 0.573 e. The third-order valence-electron chi connectivity index (χ3n) is 5.04. The van der Waals surface area contributed by atoms with Gasteiger partial charge in [0, 0.05) is 12.2 Å². The number of amides is 1. The molecule has 2 aliphatic rings. The number of hydrogen-bond donors (Lipinski definition) is 1. The van der Waals surface area contributed by atoms with Crippen LogP contribution in [-0.2, 0) is 21.2 Å². The van der Waals surface area contributed by atoms with E-state index < -0.39 is 28.1 Å². The quantitative estimate of drug-likeness (QED) is 0.807. The molecule has 0 aliphatic carbocycles. The molecule has 6 nitrogen and oxygen atoms in total. The summed E-state index contributed by atoms with van der Waals surface area (Å²) in [6, 6.07) is 7.47. The van der Waals surface area contributed by atoms with Gasteiger partial charge >= 0.3 is 6.36 Å². The van der Waals surface area contributed by atoms with Crippen LogP contribution in [0.3, 0.4) is 0 Å². The van der Waals surface area contributed by atoms with Gasteiger partial charge in [0.1, 0.15) is 5.75 Å². The van der Waals surface area contributed by atoms with Crippen LogP contribution in [0, 0.1) is 0 Å². The molecule has 0 radical (unpaired) electrons. The number of hydrogen-bond acceptors (Lipinski definition) is 4. The molecular weight excluding hydrogens is 409 g/mol. The van der Waals surface area contributed by atoms with Gasteiger partial charge in [0.2, 0.25) is 5.91 Å². The Labute approximate surface area is 165 Å². The minimum absolute atomic E-state index is 0.0188. The highest BCUT2D eigenvalue weighted by molar-refractivity contribution is 7.92. The monoisotopic (exact) mass is 426 g/mol. The summed E-state index contributed by atoms with van der Waals surface area (Å²) in [5.41, 5.74) is 2.39. The van der Waals surface area contributed by atoms with Crippen molar-refractivity contribution in [2.24, 2.45) is 0 Å². The number of carbonyl (C=O) groups is 1. The van der Waals surface area contributed by atoms with Crippen LogP contribution in [0.25, 0.3) is 0 Å². The first kappa shape index (κ1) is 19.6. The van der Waals surface area contributed by atoms with Crippen LogP contribution in [0.4, 0.5) is 24.5 Å². The molecule has 0 saturated carbocycles. The zero-order chi connectivity index (χ0) is 21.0. The Morgan fingerprint density at radius 1 is 1.17 bits per heavy atom. The highest BCUT2D eigenvalue weighted by Crippen LogP contribution is 2.44. The lowest BCUT2D eigenvalue weighted by atomic mass is 9.97. The average Bonchev–Trinajstić information content (AvgIpc) is 2.89. The molecule has 10 heteroatoms. The Balaban J connectivity index is 1.63. The Kier molecular flexibility index (Phi) is 4.49. The van der Waals surface area contributed by atoms with Crippen molar-refractivity contribution in [2.45, 2.75) is 36.9 Å². The van der Waals surface area contributed by atoms with Crippen molar-refractivity contribution in [2.75, 3.05) is 16.2 Å². The van der Waals surface area contributed by atoms with Crippen molar-refractivity contribution >= 4 is 27.3 Å². The Bertz CT molecular complexity index is 1080. The molecule has 154 valence electrons. The highest BCUT2D eigenvalue weighted by atomic mass is 32.2. The Morgan fingerprint density at radius 3 is 2.52 bits per heavy atom. The van der Waals surface area contributed by atoms with Crippen LogP contribution in [0.1, 0.15) is 30.4 Å². The summed E-state index contributed by atoms with van der Waals surface area (Å²) in [7, 11) is -3.99. The lowest BCUT2D eigenvalue weighted by Gasteiger charge is -2.26. The summed E-state index contributed by atoms with van der Waals surface area (Å²) in [6.45, 7) is 2.37. The van der Waals surface area contributed by atoms with Crippen molar-refractivity contribution in [3.8, 4) is 5.75 Å². The third-order valence-corrected chi connectivity index (χ3v) is 6.40. The van der Waals surface area contributed by atoms with Gasteiger partial charge in [-0.05, 0) is 67.3 Å². The number of sulfonamides is 1. The molecule has 2 aromatic rings. The summed E-state index contributed by atoms with van der Waals surface area (Å²) in [6.07, 6.45) is -3.40. The van der Waals surface area contributed by atoms with Crippen molar-refractivity contribution in [3.63, 3.8) is 0 Å². The molecule has 0 unspecified atom stereocenters. The Hall–Kier alpha value is -2.75. The molecule has 0 fully saturated rings. The molecule has 0 saturated heterocycles. The number of rotatable bonds is 4. The lowest BCUT2D eigenvalue weighted by Crippen LogP contribution is -2.32. The standard InChI is InChI=1S/C19H17F3N2O4S/c1-11-16-10-15(9-12-3-2-8-24(17(12)16)18(11)25)29(26,27)23-13-4-6-14(7-5-13)28-19(20,21)22/h4-7,9-11,23H,2-3,8H2,1H3/t11-/m0/s1. The van der Waals surface area contributed by atoms with Gasteiger partial charge in [0.15, 0.2) is 0 Å². The fourth-order valence-corrected chi connectivity index (χ4v) is 4.90. The molecule has 0 aromatic heterocycles. The Morgan fingerprint density at radius 2 is 1.86 bits per heavy atom. The zero-order valence-corrected chi connectivity index (χ0v) is 16.1. The molecule has 1 N–H and O–H groups in total. The molecule has 1 atom stereocenters. The molecule has 1 amide bonds. The van der Waals surface area contributed by atoms with Gasteiger partial charge < -0.3 is 9.64 Å². The van der Waals surface area contributed by atoms with E-state index in [0.717, 1.165) is 29.8 Å². The molecular formula is C19H17F3N2O4S. The van der Waals surface area contributed by atoms with Crippen LogP contribution in [0.15, 0.2) is 41.3 Å². The first-order valence-corrected chi connectivity index (χ1v) is 10.4. The molecule has 2 heterocycles. The molecule has 0 spiro atoms. The topological polar surface area (TPSA) is 75.7 Å². The number of ether oxygens (including phenoxy) is 1. The number of nitrogens with one attached hydrogen (secondary N) is 1.